The molecule has 0 spiro atoms. The Bertz CT molecular complexity index is 479. The third-order valence-electron chi connectivity index (χ3n) is 1.64. The number of alkyl halides is 3. The minimum Gasteiger partial charge on any atom is -0.465 e. The molecule has 0 amide bonds. The van der Waals surface area contributed by atoms with Crippen LogP contribution in [0, 0.1) is 11.3 Å². The van der Waals surface area contributed by atoms with Gasteiger partial charge in [-0.1, -0.05) is 0 Å². The molecule has 5 nitrogen and oxygen atoms in total. The summed E-state index contributed by atoms with van der Waals surface area (Å²) >= 11 is 0. The molecule has 0 aromatic carbocycles. The van der Waals surface area contributed by atoms with Crippen molar-refractivity contribution < 1.29 is 27.4 Å². The topological polar surface area (TPSA) is 72.2 Å². The van der Waals surface area contributed by atoms with Gasteiger partial charge in [0.15, 0.2) is 5.75 Å². The molecule has 0 N–H and O–H groups in total. The second-order valence-electron chi connectivity index (χ2n) is 2.71. The fraction of sp³-hybridized carbons (Fsp3) is 0.222. The first-order valence-electron chi connectivity index (χ1n) is 4.11. The van der Waals surface area contributed by atoms with Gasteiger partial charge in [-0.05, 0) is 0 Å². The van der Waals surface area contributed by atoms with Gasteiger partial charge in [0, 0.05) is 12.4 Å². The summed E-state index contributed by atoms with van der Waals surface area (Å²) in [6.45, 7) is 0. The number of esters is 1. The summed E-state index contributed by atoms with van der Waals surface area (Å²) in [6, 6.07) is 1.44. The van der Waals surface area contributed by atoms with E-state index in [9.17, 15) is 18.0 Å². The highest BCUT2D eigenvalue weighted by molar-refractivity contribution is 5.92. The maximum Gasteiger partial charge on any atom is 0.573 e. The number of carbonyl (C=O) groups excluding carboxylic acids is 1. The third kappa shape index (κ3) is 3.07. The van der Waals surface area contributed by atoms with Gasteiger partial charge in [0.05, 0.1) is 7.11 Å². The van der Waals surface area contributed by atoms with Gasteiger partial charge in [-0.2, -0.15) is 5.26 Å². The molecule has 90 valence electrons. The van der Waals surface area contributed by atoms with Crippen molar-refractivity contribution >= 4 is 5.97 Å². The lowest BCUT2D eigenvalue weighted by Crippen LogP contribution is -2.20. The quantitative estimate of drug-likeness (QED) is 0.741. The van der Waals surface area contributed by atoms with Crippen LogP contribution < -0.4 is 4.74 Å². The summed E-state index contributed by atoms with van der Waals surface area (Å²) in [5.41, 5.74) is -1.07. The van der Waals surface area contributed by atoms with E-state index in [1.165, 1.54) is 6.07 Å². The van der Waals surface area contributed by atoms with Crippen LogP contribution in [-0.2, 0) is 4.74 Å². The van der Waals surface area contributed by atoms with Crippen molar-refractivity contribution in [1.82, 2.24) is 4.98 Å². The fourth-order valence-electron chi connectivity index (χ4n) is 1.01. The fourth-order valence-corrected chi connectivity index (χ4v) is 1.01. The van der Waals surface area contributed by atoms with Crippen molar-refractivity contribution in [1.29, 1.82) is 5.26 Å². The molecule has 1 aromatic rings. The zero-order valence-electron chi connectivity index (χ0n) is 8.41. The molecule has 0 bridgehead atoms. The van der Waals surface area contributed by atoms with Crippen LogP contribution in [0.15, 0.2) is 12.4 Å². The number of carbonyl (C=O) groups is 1. The second kappa shape index (κ2) is 4.69. The molecule has 1 heterocycles. The van der Waals surface area contributed by atoms with E-state index in [2.05, 4.69) is 14.5 Å². The summed E-state index contributed by atoms with van der Waals surface area (Å²) in [5, 5.41) is 8.60. The molecule has 0 fully saturated rings. The van der Waals surface area contributed by atoms with Gasteiger partial charge in [-0.25, -0.2) is 4.79 Å². The minimum absolute atomic E-state index is 0.509. The zero-order valence-corrected chi connectivity index (χ0v) is 8.41. The predicted octanol–water partition coefficient (Wildman–Crippen LogP) is 1.64. The average molecular weight is 246 g/mol. The van der Waals surface area contributed by atoms with E-state index < -0.39 is 29.2 Å². The number of ether oxygens (including phenoxy) is 2. The Morgan fingerprint density at radius 2 is 2.12 bits per heavy atom. The van der Waals surface area contributed by atoms with Crippen molar-refractivity contribution in [2.45, 2.75) is 6.36 Å². The lowest BCUT2D eigenvalue weighted by atomic mass is 10.2. The van der Waals surface area contributed by atoms with Gasteiger partial charge in [-0.3, -0.25) is 4.98 Å². The SMILES string of the molecule is COC(=O)c1cncc(C#N)c1OC(F)(F)F. The molecule has 1 aromatic heterocycles. The van der Waals surface area contributed by atoms with Crippen LogP contribution in [0.5, 0.6) is 5.75 Å². The lowest BCUT2D eigenvalue weighted by Gasteiger charge is -2.12. The largest absolute Gasteiger partial charge is 0.573 e. The standard InChI is InChI=1S/C9H5F3N2O3/c1-16-8(15)6-4-14-3-5(2-13)7(6)17-9(10,11)12/h3-4H,1H3. The number of nitriles is 1. The molecule has 1 rings (SSSR count). The van der Waals surface area contributed by atoms with Crippen LogP contribution in [-0.4, -0.2) is 24.4 Å². The Labute approximate surface area is 93.4 Å². The van der Waals surface area contributed by atoms with E-state index in [-0.39, 0.29) is 0 Å². The minimum atomic E-state index is -5.02. The maximum absolute atomic E-state index is 12.1. The van der Waals surface area contributed by atoms with Crippen molar-refractivity contribution in [3.8, 4) is 11.8 Å². The molecular formula is C9H5F3N2O3. The summed E-state index contributed by atoms with van der Waals surface area (Å²) in [4.78, 5) is 14.6. The Hall–Kier alpha value is -2.30. The number of hydrogen-bond acceptors (Lipinski definition) is 5. The molecule has 0 aliphatic rings. The number of methoxy groups -OCH3 is 1. The first kappa shape index (κ1) is 12.8. The normalized spacial score (nSPS) is 10.5. The first-order chi connectivity index (χ1) is 7.89. The summed E-state index contributed by atoms with van der Waals surface area (Å²) in [5.74, 6) is -1.99. The molecule has 0 saturated heterocycles. The van der Waals surface area contributed by atoms with Crippen LogP contribution in [0.4, 0.5) is 13.2 Å². The number of pyridine rings is 1. The molecule has 17 heavy (non-hydrogen) atoms. The van der Waals surface area contributed by atoms with Crippen molar-refractivity contribution in [2.24, 2.45) is 0 Å². The van der Waals surface area contributed by atoms with Crippen molar-refractivity contribution in [2.75, 3.05) is 7.11 Å². The van der Waals surface area contributed by atoms with Gasteiger partial charge < -0.3 is 9.47 Å². The first-order valence-corrected chi connectivity index (χ1v) is 4.11. The monoisotopic (exact) mass is 246 g/mol. The number of aromatic nitrogens is 1. The van der Waals surface area contributed by atoms with Gasteiger partial charge in [0.25, 0.3) is 0 Å². The molecule has 0 radical (unpaired) electrons. The Morgan fingerprint density at radius 1 is 1.47 bits per heavy atom. The lowest BCUT2D eigenvalue weighted by molar-refractivity contribution is -0.274. The summed E-state index contributed by atoms with van der Waals surface area (Å²) < 4.78 is 44.2. The molecule has 0 saturated carbocycles. The third-order valence-corrected chi connectivity index (χ3v) is 1.64. The van der Waals surface area contributed by atoms with Crippen LogP contribution in [0.1, 0.15) is 15.9 Å². The molecule has 0 aliphatic heterocycles. The van der Waals surface area contributed by atoms with Crippen molar-refractivity contribution in [3.05, 3.63) is 23.5 Å². The van der Waals surface area contributed by atoms with E-state index >= 15 is 0 Å². The van der Waals surface area contributed by atoms with E-state index in [1.54, 1.807) is 0 Å². The average Bonchev–Trinajstić information content (AvgIpc) is 2.26. The van der Waals surface area contributed by atoms with E-state index in [1.807, 2.05) is 0 Å². The van der Waals surface area contributed by atoms with Gasteiger partial charge in [0.2, 0.25) is 0 Å². The highest BCUT2D eigenvalue weighted by Gasteiger charge is 2.34. The Kier molecular flexibility index (Phi) is 3.52. The zero-order chi connectivity index (χ0) is 13.1. The van der Waals surface area contributed by atoms with Gasteiger partial charge >= 0.3 is 12.3 Å². The molecule has 0 atom stereocenters. The van der Waals surface area contributed by atoms with E-state index in [4.69, 9.17) is 5.26 Å². The maximum atomic E-state index is 12.1. The Balaban J connectivity index is 3.32. The highest BCUT2D eigenvalue weighted by Crippen LogP contribution is 2.29. The predicted molar refractivity (Wildman–Crippen MR) is 47.0 cm³/mol. The number of nitrogens with zero attached hydrogens (tertiary/aromatic N) is 2. The number of hydrogen-bond donors (Lipinski definition) is 0. The molecular weight excluding hydrogens is 241 g/mol. The van der Waals surface area contributed by atoms with Crippen LogP contribution in [0.25, 0.3) is 0 Å². The summed E-state index contributed by atoms with van der Waals surface area (Å²) in [6.07, 6.45) is -3.34. The smallest absolute Gasteiger partial charge is 0.465 e. The molecule has 0 unspecified atom stereocenters. The van der Waals surface area contributed by atoms with Crippen molar-refractivity contribution in [3.63, 3.8) is 0 Å². The number of halogens is 3. The molecule has 8 heteroatoms. The van der Waals surface area contributed by atoms with E-state index in [0.29, 0.717) is 0 Å². The van der Waals surface area contributed by atoms with Crippen LogP contribution in [0.3, 0.4) is 0 Å². The van der Waals surface area contributed by atoms with Gasteiger partial charge in [0.1, 0.15) is 17.2 Å². The van der Waals surface area contributed by atoms with Crippen LogP contribution in [0.2, 0.25) is 0 Å². The highest BCUT2D eigenvalue weighted by atomic mass is 19.4. The second-order valence-corrected chi connectivity index (χ2v) is 2.71. The van der Waals surface area contributed by atoms with E-state index in [0.717, 1.165) is 19.5 Å². The van der Waals surface area contributed by atoms with Crippen LogP contribution >= 0.6 is 0 Å². The van der Waals surface area contributed by atoms with Gasteiger partial charge in [-0.15, -0.1) is 13.2 Å². The summed E-state index contributed by atoms with van der Waals surface area (Å²) in [7, 11) is 0.985. The molecule has 0 aliphatic carbocycles. The number of rotatable bonds is 2. The Morgan fingerprint density at radius 3 is 2.59 bits per heavy atom.